The van der Waals surface area contributed by atoms with E-state index in [1.165, 1.54) is 9.21 Å². The van der Waals surface area contributed by atoms with Crippen molar-refractivity contribution < 1.29 is 23.1 Å². The third kappa shape index (κ3) is 3.08. The van der Waals surface area contributed by atoms with Crippen molar-refractivity contribution in [2.24, 2.45) is 0 Å². The van der Waals surface area contributed by atoms with E-state index in [0.29, 0.717) is 31.9 Å². The number of hydrogen-bond donors (Lipinski definition) is 2. The molecule has 0 spiro atoms. The maximum absolute atomic E-state index is 12.8. The SMILES string of the molecule is O=C(O)N1CC[C@@H](N2Cc3cccc(N4CCOCC4)c3NS2(=O)=O)C1. The standard InChI is InChI=1S/C16H22N4O5S/c21-16(22)19-5-4-13(11-19)20-10-12-2-1-3-14(15(12)17-26(20,23)24)18-6-8-25-9-7-18/h1-3,13,17H,4-11H2,(H,21,22)/t13-/m1/s1. The first kappa shape index (κ1) is 17.4. The van der Waals surface area contributed by atoms with Gasteiger partial charge in [0.25, 0.3) is 0 Å². The van der Waals surface area contributed by atoms with Gasteiger partial charge in [0.05, 0.1) is 24.6 Å². The summed E-state index contributed by atoms with van der Waals surface area (Å²) in [7, 11) is -3.72. The summed E-state index contributed by atoms with van der Waals surface area (Å²) in [6.45, 7) is 3.49. The van der Waals surface area contributed by atoms with Crippen LogP contribution in [0.3, 0.4) is 0 Å². The molecule has 3 aliphatic heterocycles. The van der Waals surface area contributed by atoms with E-state index in [0.717, 1.165) is 24.3 Å². The van der Waals surface area contributed by atoms with E-state index >= 15 is 0 Å². The number of likely N-dealkylation sites (tertiary alicyclic amines) is 1. The molecule has 0 aliphatic carbocycles. The first-order chi connectivity index (χ1) is 12.5. The molecular formula is C16H22N4O5S. The molecule has 2 saturated heterocycles. The number of anilines is 2. The highest BCUT2D eigenvalue weighted by atomic mass is 32.2. The first-order valence-electron chi connectivity index (χ1n) is 8.68. The summed E-state index contributed by atoms with van der Waals surface area (Å²) >= 11 is 0. The van der Waals surface area contributed by atoms with Crippen LogP contribution in [0.15, 0.2) is 18.2 Å². The van der Waals surface area contributed by atoms with Gasteiger partial charge in [-0.25, -0.2) is 4.79 Å². The molecule has 0 saturated carbocycles. The van der Waals surface area contributed by atoms with Gasteiger partial charge in [-0.3, -0.25) is 4.72 Å². The maximum Gasteiger partial charge on any atom is 0.407 e. The summed E-state index contributed by atoms with van der Waals surface area (Å²) < 4.78 is 35.2. The van der Waals surface area contributed by atoms with Gasteiger partial charge < -0.3 is 19.6 Å². The van der Waals surface area contributed by atoms with Crippen LogP contribution in [-0.2, 0) is 21.5 Å². The zero-order valence-corrected chi connectivity index (χ0v) is 15.1. The number of hydrogen-bond acceptors (Lipinski definition) is 5. The molecule has 142 valence electrons. The van der Waals surface area contributed by atoms with Gasteiger partial charge in [0.2, 0.25) is 0 Å². The van der Waals surface area contributed by atoms with Crippen molar-refractivity contribution in [3.8, 4) is 0 Å². The van der Waals surface area contributed by atoms with E-state index in [9.17, 15) is 13.2 Å². The van der Waals surface area contributed by atoms with E-state index in [2.05, 4.69) is 9.62 Å². The van der Waals surface area contributed by atoms with Crippen LogP contribution in [0.25, 0.3) is 0 Å². The fourth-order valence-corrected chi connectivity index (χ4v) is 5.30. The lowest BCUT2D eigenvalue weighted by Gasteiger charge is -2.37. The summed E-state index contributed by atoms with van der Waals surface area (Å²) in [6, 6.07) is 5.42. The molecule has 2 N–H and O–H groups in total. The molecule has 3 aliphatic rings. The van der Waals surface area contributed by atoms with Crippen LogP contribution < -0.4 is 9.62 Å². The van der Waals surface area contributed by atoms with Gasteiger partial charge in [-0.15, -0.1) is 0 Å². The normalized spacial score (nSPS) is 25.6. The Labute approximate surface area is 152 Å². The van der Waals surface area contributed by atoms with Crippen molar-refractivity contribution in [2.45, 2.75) is 19.0 Å². The van der Waals surface area contributed by atoms with Gasteiger partial charge in [0, 0.05) is 38.8 Å². The highest BCUT2D eigenvalue weighted by Crippen LogP contribution is 2.37. The second-order valence-electron chi connectivity index (χ2n) is 6.73. The molecular weight excluding hydrogens is 360 g/mol. The van der Waals surface area contributed by atoms with Crippen molar-refractivity contribution in [2.75, 3.05) is 49.0 Å². The minimum atomic E-state index is -3.72. The molecule has 3 heterocycles. The Balaban J connectivity index is 1.62. The number of ether oxygens (including phenoxy) is 1. The monoisotopic (exact) mass is 382 g/mol. The van der Waals surface area contributed by atoms with Crippen LogP contribution in [-0.4, -0.2) is 74.3 Å². The number of rotatable bonds is 2. The van der Waals surface area contributed by atoms with Crippen molar-refractivity contribution in [1.82, 2.24) is 9.21 Å². The van der Waals surface area contributed by atoms with Crippen LogP contribution in [0, 0.1) is 0 Å². The lowest BCUT2D eigenvalue weighted by Crippen LogP contribution is -2.47. The van der Waals surface area contributed by atoms with Crippen molar-refractivity contribution in [1.29, 1.82) is 0 Å². The number of fused-ring (bicyclic) bond motifs is 1. The topological polar surface area (TPSA) is 102 Å². The van der Waals surface area contributed by atoms with Gasteiger partial charge in [0.1, 0.15) is 0 Å². The Morgan fingerprint density at radius 2 is 2.00 bits per heavy atom. The smallest absolute Gasteiger partial charge is 0.407 e. The lowest BCUT2D eigenvalue weighted by atomic mass is 10.1. The Bertz CT molecular complexity index is 809. The van der Waals surface area contributed by atoms with E-state index < -0.39 is 16.3 Å². The summed E-state index contributed by atoms with van der Waals surface area (Å²) in [5, 5.41) is 9.12. The second kappa shape index (κ2) is 6.60. The summed E-state index contributed by atoms with van der Waals surface area (Å²) in [6.07, 6.45) is -0.504. The van der Waals surface area contributed by atoms with Gasteiger partial charge in [-0.2, -0.15) is 12.7 Å². The average molecular weight is 382 g/mol. The largest absolute Gasteiger partial charge is 0.465 e. The third-order valence-electron chi connectivity index (χ3n) is 5.19. The van der Waals surface area contributed by atoms with Gasteiger partial charge in [-0.05, 0) is 18.1 Å². The molecule has 0 aromatic heterocycles. The first-order valence-corrected chi connectivity index (χ1v) is 10.1. The van der Waals surface area contributed by atoms with Crippen LogP contribution in [0.2, 0.25) is 0 Å². The Hall–Kier alpha value is -2.04. The van der Waals surface area contributed by atoms with Crippen molar-refractivity contribution in [3.63, 3.8) is 0 Å². The van der Waals surface area contributed by atoms with E-state index in [1.807, 2.05) is 18.2 Å². The van der Waals surface area contributed by atoms with E-state index in [4.69, 9.17) is 9.84 Å². The molecule has 26 heavy (non-hydrogen) atoms. The van der Waals surface area contributed by atoms with Gasteiger partial charge in [0.15, 0.2) is 0 Å². The Morgan fingerprint density at radius 3 is 2.69 bits per heavy atom. The molecule has 1 amide bonds. The number of nitrogens with one attached hydrogen (secondary N) is 1. The molecule has 4 rings (SSSR count). The van der Waals surface area contributed by atoms with Gasteiger partial charge in [-0.1, -0.05) is 12.1 Å². The molecule has 9 nitrogen and oxygen atoms in total. The number of carboxylic acid groups (broad SMARTS) is 1. The summed E-state index contributed by atoms with van der Waals surface area (Å²) in [5.41, 5.74) is 2.39. The number of morpholine rings is 1. The number of nitrogens with zero attached hydrogens (tertiary/aromatic N) is 3. The fraction of sp³-hybridized carbons (Fsp3) is 0.562. The van der Waals surface area contributed by atoms with Gasteiger partial charge >= 0.3 is 16.3 Å². The molecule has 1 aromatic rings. The molecule has 1 aromatic carbocycles. The predicted molar refractivity (Wildman–Crippen MR) is 95.6 cm³/mol. The highest BCUT2D eigenvalue weighted by molar-refractivity contribution is 7.90. The highest BCUT2D eigenvalue weighted by Gasteiger charge is 2.40. The van der Waals surface area contributed by atoms with Crippen LogP contribution in [0.4, 0.5) is 16.2 Å². The second-order valence-corrected chi connectivity index (χ2v) is 8.36. The van der Waals surface area contributed by atoms with E-state index in [1.54, 1.807) is 0 Å². The average Bonchev–Trinajstić information content (AvgIpc) is 3.11. The fourth-order valence-electron chi connectivity index (χ4n) is 3.82. The molecule has 0 unspecified atom stereocenters. The Morgan fingerprint density at radius 1 is 1.23 bits per heavy atom. The van der Waals surface area contributed by atoms with Crippen molar-refractivity contribution in [3.05, 3.63) is 23.8 Å². The number of para-hydroxylation sites is 1. The predicted octanol–water partition coefficient (Wildman–Crippen LogP) is 0.748. The molecule has 1 atom stereocenters. The van der Waals surface area contributed by atoms with Crippen LogP contribution >= 0.6 is 0 Å². The Kier molecular flexibility index (Phi) is 4.41. The minimum Gasteiger partial charge on any atom is -0.465 e. The molecule has 0 radical (unpaired) electrons. The van der Waals surface area contributed by atoms with Crippen molar-refractivity contribution >= 4 is 27.7 Å². The number of carbonyl (C=O) groups is 1. The van der Waals surface area contributed by atoms with E-state index in [-0.39, 0.29) is 19.1 Å². The molecule has 0 bridgehead atoms. The molecule has 10 heteroatoms. The third-order valence-corrected chi connectivity index (χ3v) is 6.69. The quantitative estimate of drug-likeness (QED) is 0.783. The maximum atomic E-state index is 12.8. The lowest BCUT2D eigenvalue weighted by molar-refractivity contribution is 0.122. The number of benzene rings is 1. The molecule has 2 fully saturated rings. The number of amides is 1. The zero-order valence-electron chi connectivity index (χ0n) is 14.3. The zero-order chi connectivity index (χ0) is 18.3. The minimum absolute atomic E-state index is 0.203. The summed E-state index contributed by atoms with van der Waals surface area (Å²) in [4.78, 5) is 14.5. The van der Waals surface area contributed by atoms with Crippen LogP contribution in [0.5, 0.6) is 0 Å². The van der Waals surface area contributed by atoms with Crippen LogP contribution in [0.1, 0.15) is 12.0 Å². The summed E-state index contributed by atoms with van der Waals surface area (Å²) in [5.74, 6) is 0.